The van der Waals surface area contributed by atoms with Gasteiger partial charge in [0.2, 0.25) is 5.91 Å². The van der Waals surface area contributed by atoms with Gasteiger partial charge in [0.05, 0.1) is 0 Å². The Labute approximate surface area is 112 Å². The van der Waals surface area contributed by atoms with Gasteiger partial charge in [0.1, 0.15) is 0 Å². The zero-order valence-electron chi connectivity index (χ0n) is 8.89. The summed E-state index contributed by atoms with van der Waals surface area (Å²) in [5.41, 5.74) is 6.76. The van der Waals surface area contributed by atoms with Gasteiger partial charge in [0.15, 0.2) is 0 Å². The number of amides is 1. The number of hydrogen-bond donors (Lipinski definition) is 1. The van der Waals surface area contributed by atoms with Gasteiger partial charge in [-0.2, -0.15) is 0 Å². The minimum Gasteiger partial charge on any atom is -0.366 e. The molecule has 17 heavy (non-hydrogen) atoms. The number of carbonyl (C=O) groups is 1. The molecular weight excluding hydrogens is 298 g/mol. The van der Waals surface area contributed by atoms with Gasteiger partial charge in [-0.05, 0) is 35.2 Å². The van der Waals surface area contributed by atoms with Crippen LogP contribution in [0, 0.1) is 0 Å². The average Bonchev–Trinajstić information content (AvgIpc) is 2.80. The van der Waals surface area contributed by atoms with Crippen molar-refractivity contribution in [1.82, 2.24) is 0 Å². The van der Waals surface area contributed by atoms with Gasteiger partial charge in [-0.15, -0.1) is 11.3 Å². The van der Waals surface area contributed by atoms with Gasteiger partial charge in [-0.1, -0.05) is 34.1 Å². The van der Waals surface area contributed by atoms with E-state index in [9.17, 15) is 4.79 Å². The van der Waals surface area contributed by atoms with E-state index in [2.05, 4.69) is 15.9 Å². The number of halogens is 1. The molecule has 0 spiro atoms. The normalized spacial score (nSPS) is 11.5. The van der Waals surface area contributed by atoms with Crippen molar-refractivity contribution in [3.05, 3.63) is 56.7 Å². The maximum Gasteiger partial charge on any atom is 0.249 e. The first kappa shape index (κ1) is 12.1. The van der Waals surface area contributed by atoms with Crippen molar-refractivity contribution in [2.45, 2.75) is 0 Å². The fourth-order valence-corrected chi connectivity index (χ4v) is 2.36. The summed E-state index contributed by atoms with van der Waals surface area (Å²) in [5, 5.41) is 1.96. The highest BCUT2D eigenvalue weighted by atomic mass is 79.9. The predicted octanol–water partition coefficient (Wildman–Crippen LogP) is 3.54. The zero-order chi connectivity index (χ0) is 12.3. The second kappa shape index (κ2) is 5.29. The molecule has 0 fully saturated rings. The van der Waals surface area contributed by atoms with E-state index in [1.165, 1.54) is 0 Å². The molecule has 4 heteroatoms. The summed E-state index contributed by atoms with van der Waals surface area (Å²) < 4.78 is 0.973. The Bertz CT molecular complexity index is 543. The molecule has 0 aliphatic heterocycles. The molecule has 0 radical (unpaired) electrons. The van der Waals surface area contributed by atoms with Crippen LogP contribution in [0.25, 0.3) is 11.6 Å². The van der Waals surface area contributed by atoms with E-state index in [0.717, 1.165) is 14.9 Å². The summed E-state index contributed by atoms with van der Waals surface area (Å²) >= 11 is 4.93. The molecule has 2 nitrogen and oxygen atoms in total. The number of rotatable bonds is 3. The van der Waals surface area contributed by atoms with Crippen LogP contribution in [0.4, 0.5) is 0 Å². The Kier molecular flexibility index (Phi) is 3.76. The molecule has 0 atom stereocenters. The summed E-state index contributed by atoms with van der Waals surface area (Å²) in [7, 11) is 0. The molecule has 1 heterocycles. The van der Waals surface area contributed by atoms with Crippen molar-refractivity contribution >= 4 is 44.8 Å². The Morgan fingerprint density at radius 1 is 1.24 bits per heavy atom. The van der Waals surface area contributed by atoms with E-state index in [1.807, 2.05) is 47.9 Å². The minimum atomic E-state index is -0.416. The summed E-state index contributed by atoms with van der Waals surface area (Å²) in [5.74, 6) is -0.416. The van der Waals surface area contributed by atoms with E-state index < -0.39 is 5.91 Å². The summed E-state index contributed by atoms with van der Waals surface area (Å²) in [6.45, 7) is 0. The van der Waals surface area contributed by atoms with Crippen molar-refractivity contribution < 1.29 is 4.79 Å². The van der Waals surface area contributed by atoms with Crippen LogP contribution in [0.2, 0.25) is 0 Å². The highest BCUT2D eigenvalue weighted by Gasteiger charge is 2.08. The second-order valence-electron chi connectivity index (χ2n) is 3.44. The Morgan fingerprint density at radius 3 is 2.47 bits per heavy atom. The SMILES string of the molecule is NC(=O)/C(=C/c1cccs1)c1ccc(Br)cc1. The van der Waals surface area contributed by atoms with Crippen LogP contribution in [-0.4, -0.2) is 5.91 Å². The summed E-state index contributed by atoms with van der Waals surface area (Å²) in [4.78, 5) is 12.5. The highest BCUT2D eigenvalue weighted by molar-refractivity contribution is 9.10. The van der Waals surface area contributed by atoms with Gasteiger partial charge >= 0.3 is 0 Å². The van der Waals surface area contributed by atoms with Crippen molar-refractivity contribution in [2.24, 2.45) is 5.73 Å². The van der Waals surface area contributed by atoms with Crippen LogP contribution >= 0.6 is 27.3 Å². The Morgan fingerprint density at radius 2 is 1.94 bits per heavy atom. The van der Waals surface area contributed by atoms with Gasteiger partial charge < -0.3 is 5.73 Å². The number of thiophene rings is 1. The van der Waals surface area contributed by atoms with Crippen molar-refractivity contribution in [3.63, 3.8) is 0 Å². The number of nitrogens with two attached hydrogens (primary N) is 1. The molecular formula is C13H10BrNOS. The predicted molar refractivity (Wildman–Crippen MR) is 75.5 cm³/mol. The number of carbonyl (C=O) groups excluding carboxylic acids is 1. The van der Waals surface area contributed by atoms with E-state index in [-0.39, 0.29) is 0 Å². The van der Waals surface area contributed by atoms with Crippen LogP contribution in [0.15, 0.2) is 46.3 Å². The van der Waals surface area contributed by atoms with Gasteiger partial charge in [0.25, 0.3) is 0 Å². The first-order chi connectivity index (χ1) is 8.16. The summed E-state index contributed by atoms with van der Waals surface area (Å²) in [6.07, 6.45) is 1.82. The average molecular weight is 308 g/mol. The molecule has 0 saturated heterocycles. The molecule has 2 N–H and O–H groups in total. The Balaban J connectivity index is 2.43. The molecule has 86 valence electrons. The smallest absolute Gasteiger partial charge is 0.249 e. The molecule has 0 aliphatic rings. The third kappa shape index (κ3) is 3.05. The van der Waals surface area contributed by atoms with Crippen molar-refractivity contribution in [2.75, 3.05) is 0 Å². The van der Waals surface area contributed by atoms with Crippen LogP contribution in [0.1, 0.15) is 10.4 Å². The second-order valence-corrected chi connectivity index (χ2v) is 5.34. The van der Waals surface area contributed by atoms with Crippen LogP contribution in [-0.2, 0) is 4.79 Å². The van der Waals surface area contributed by atoms with Crippen LogP contribution in [0.5, 0.6) is 0 Å². The van der Waals surface area contributed by atoms with E-state index in [0.29, 0.717) is 5.57 Å². The third-order valence-corrected chi connectivity index (χ3v) is 3.60. The van der Waals surface area contributed by atoms with E-state index in [4.69, 9.17) is 5.73 Å². The van der Waals surface area contributed by atoms with Crippen LogP contribution < -0.4 is 5.73 Å². The number of primary amides is 1. The lowest BCUT2D eigenvalue weighted by molar-refractivity contribution is -0.112. The lowest BCUT2D eigenvalue weighted by Crippen LogP contribution is -2.12. The number of benzene rings is 1. The molecule has 2 rings (SSSR count). The topological polar surface area (TPSA) is 43.1 Å². The molecule has 0 bridgehead atoms. The lowest BCUT2D eigenvalue weighted by atomic mass is 10.0. The quantitative estimate of drug-likeness (QED) is 0.866. The molecule has 1 amide bonds. The molecule has 1 aromatic heterocycles. The maximum absolute atomic E-state index is 11.5. The van der Waals surface area contributed by atoms with Gasteiger partial charge in [-0.25, -0.2) is 0 Å². The molecule has 1 aromatic carbocycles. The first-order valence-electron chi connectivity index (χ1n) is 4.98. The fraction of sp³-hybridized carbons (Fsp3) is 0. The molecule has 0 unspecified atom stereocenters. The summed E-state index contributed by atoms with van der Waals surface area (Å²) in [6, 6.07) is 11.4. The largest absolute Gasteiger partial charge is 0.366 e. The van der Waals surface area contributed by atoms with Gasteiger partial charge in [-0.3, -0.25) is 4.79 Å². The Hall–Kier alpha value is -1.39. The van der Waals surface area contributed by atoms with Gasteiger partial charge in [0, 0.05) is 14.9 Å². The van der Waals surface area contributed by atoms with E-state index in [1.54, 1.807) is 11.3 Å². The zero-order valence-corrected chi connectivity index (χ0v) is 11.3. The standard InChI is InChI=1S/C13H10BrNOS/c14-10-5-3-9(4-6-10)12(13(15)16)8-11-2-1-7-17-11/h1-8H,(H2,15,16)/b12-8+. The monoisotopic (exact) mass is 307 g/mol. The van der Waals surface area contributed by atoms with Crippen LogP contribution in [0.3, 0.4) is 0 Å². The van der Waals surface area contributed by atoms with E-state index >= 15 is 0 Å². The van der Waals surface area contributed by atoms with Crippen molar-refractivity contribution in [3.8, 4) is 0 Å². The minimum absolute atomic E-state index is 0.416. The van der Waals surface area contributed by atoms with Crippen molar-refractivity contribution in [1.29, 1.82) is 0 Å². The third-order valence-electron chi connectivity index (χ3n) is 2.25. The lowest BCUT2D eigenvalue weighted by Gasteiger charge is -2.03. The fourth-order valence-electron chi connectivity index (χ4n) is 1.44. The number of hydrogen-bond acceptors (Lipinski definition) is 2. The molecule has 0 saturated carbocycles. The highest BCUT2D eigenvalue weighted by Crippen LogP contribution is 2.22. The molecule has 0 aliphatic carbocycles. The maximum atomic E-state index is 11.5. The molecule has 2 aromatic rings. The first-order valence-corrected chi connectivity index (χ1v) is 6.65.